The molecule has 0 bridgehead atoms. The number of nitrogens with zero attached hydrogens (tertiary/aromatic N) is 8. The molecule has 3 N–H and O–H groups in total. The normalized spacial score (nSPS) is 16.7. The molecule has 14 nitrogen and oxygen atoms in total. The van der Waals surface area contributed by atoms with Crippen molar-refractivity contribution in [2.75, 3.05) is 54.4 Å². The van der Waals surface area contributed by atoms with E-state index in [0.29, 0.717) is 31.0 Å². The van der Waals surface area contributed by atoms with Gasteiger partial charge in [-0.2, -0.15) is 13.2 Å². The summed E-state index contributed by atoms with van der Waals surface area (Å²) >= 11 is 6.10. The third-order valence-corrected chi connectivity index (χ3v) is 9.12. The number of β-amino-alcohol motifs (C(OH)–C–C–N with tert-alkyl or cyclic N) is 1. The largest absolute Gasteiger partial charge is 0.504 e. The molecule has 0 unspecified atom stereocenters. The zero-order valence-corrected chi connectivity index (χ0v) is 27.8. The van der Waals surface area contributed by atoms with E-state index in [1.54, 1.807) is 18.4 Å². The number of benzene rings is 1. The molecular weight excluding hydrogens is 683 g/mol. The van der Waals surface area contributed by atoms with Crippen LogP contribution in [0.25, 0.3) is 11.2 Å². The lowest BCUT2D eigenvalue weighted by atomic mass is 10.1. The second-order valence-electron chi connectivity index (χ2n) is 12.0. The molecule has 50 heavy (non-hydrogen) atoms. The van der Waals surface area contributed by atoms with Crippen molar-refractivity contribution in [3.63, 3.8) is 0 Å². The van der Waals surface area contributed by atoms with Crippen molar-refractivity contribution in [3.05, 3.63) is 68.6 Å². The van der Waals surface area contributed by atoms with Crippen molar-refractivity contribution in [1.29, 1.82) is 0 Å². The van der Waals surface area contributed by atoms with Crippen molar-refractivity contribution in [2.24, 2.45) is 0 Å². The molecule has 2 fully saturated rings. The summed E-state index contributed by atoms with van der Waals surface area (Å²) in [5.41, 5.74) is -0.460. The van der Waals surface area contributed by atoms with Crippen LogP contribution in [0.4, 0.5) is 30.4 Å². The number of piperazine rings is 1. The van der Waals surface area contributed by atoms with Gasteiger partial charge in [-0.05, 0) is 38.0 Å². The number of rotatable bonds is 7. The molecule has 0 saturated carbocycles. The highest BCUT2D eigenvalue weighted by atomic mass is 35.5. The topological polar surface area (TPSA) is 170 Å². The SMILES string of the molecule is CCc1c(N2CCN(C(=O)c3ncnc(C)c3O)CC2)c(=O)c2nc(N3CC[C@H](O)C3)cnc2n1CC(=O)Nc1ccc(C(F)(F)F)cc1Cl. The van der Waals surface area contributed by atoms with E-state index in [4.69, 9.17) is 11.6 Å². The molecule has 2 aliphatic heterocycles. The first-order valence-electron chi connectivity index (χ1n) is 15.8. The Morgan fingerprint density at radius 2 is 1.82 bits per heavy atom. The van der Waals surface area contributed by atoms with Gasteiger partial charge < -0.3 is 34.8 Å². The number of aliphatic hydroxyl groups is 1. The van der Waals surface area contributed by atoms with Gasteiger partial charge in [0.25, 0.3) is 5.91 Å². The van der Waals surface area contributed by atoms with E-state index in [1.165, 1.54) is 17.4 Å². The molecule has 1 atom stereocenters. The van der Waals surface area contributed by atoms with E-state index in [9.17, 15) is 37.8 Å². The van der Waals surface area contributed by atoms with E-state index in [1.807, 2.05) is 9.80 Å². The third-order valence-electron chi connectivity index (χ3n) is 8.81. The number of carbonyl (C=O) groups is 2. The van der Waals surface area contributed by atoms with Crippen LogP contribution in [0.5, 0.6) is 5.75 Å². The molecule has 5 heterocycles. The number of nitrogens with one attached hydrogen (secondary N) is 1. The first-order valence-corrected chi connectivity index (χ1v) is 16.2. The third kappa shape index (κ3) is 6.74. The van der Waals surface area contributed by atoms with E-state index < -0.39 is 35.1 Å². The molecule has 1 aromatic carbocycles. The van der Waals surface area contributed by atoms with Crippen molar-refractivity contribution >= 4 is 51.8 Å². The van der Waals surface area contributed by atoms with Crippen LogP contribution in [0.2, 0.25) is 5.02 Å². The Balaban J connectivity index is 1.35. The number of amides is 2. The molecule has 18 heteroatoms. The number of halogens is 4. The Labute approximate surface area is 288 Å². The molecule has 3 aromatic heterocycles. The predicted octanol–water partition coefficient (Wildman–Crippen LogP) is 3.00. The van der Waals surface area contributed by atoms with Gasteiger partial charge in [-0.1, -0.05) is 18.5 Å². The van der Waals surface area contributed by atoms with Crippen LogP contribution in [0.1, 0.15) is 40.8 Å². The first-order chi connectivity index (χ1) is 23.8. The van der Waals surface area contributed by atoms with E-state index >= 15 is 0 Å². The number of hydrogen-bond donors (Lipinski definition) is 3. The summed E-state index contributed by atoms with van der Waals surface area (Å²) in [6, 6.07) is 2.60. The van der Waals surface area contributed by atoms with Crippen LogP contribution in [-0.4, -0.2) is 96.8 Å². The lowest BCUT2D eigenvalue weighted by Gasteiger charge is -2.37. The summed E-state index contributed by atoms with van der Waals surface area (Å²) in [6.07, 6.45) is -1.71. The highest BCUT2D eigenvalue weighted by Crippen LogP contribution is 2.34. The average molecular weight is 716 g/mol. The fraction of sp³-hybridized carbons (Fsp3) is 0.406. The lowest BCUT2D eigenvalue weighted by molar-refractivity contribution is -0.137. The van der Waals surface area contributed by atoms with Crippen molar-refractivity contribution in [2.45, 2.75) is 45.5 Å². The number of alkyl halides is 3. The highest BCUT2D eigenvalue weighted by molar-refractivity contribution is 6.33. The van der Waals surface area contributed by atoms with Crippen molar-refractivity contribution in [1.82, 2.24) is 29.4 Å². The van der Waals surface area contributed by atoms with Crippen LogP contribution in [0, 0.1) is 6.92 Å². The number of pyridine rings is 1. The van der Waals surface area contributed by atoms with Gasteiger partial charge in [0.1, 0.15) is 24.4 Å². The molecule has 4 aromatic rings. The Morgan fingerprint density at radius 3 is 2.46 bits per heavy atom. The number of carbonyl (C=O) groups excluding carboxylic acids is 2. The number of anilines is 3. The van der Waals surface area contributed by atoms with Gasteiger partial charge >= 0.3 is 6.18 Å². The van der Waals surface area contributed by atoms with E-state index in [0.717, 1.165) is 18.2 Å². The zero-order chi connectivity index (χ0) is 35.9. The Kier molecular flexibility index (Phi) is 9.54. The van der Waals surface area contributed by atoms with Gasteiger partial charge in [-0.15, -0.1) is 0 Å². The molecule has 2 saturated heterocycles. The van der Waals surface area contributed by atoms with E-state index in [-0.39, 0.29) is 83.8 Å². The smallest absolute Gasteiger partial charge is 0.416 e. The maximum atomic E-state index is 14.3. The maximum absolute atomic E-state index is 14.3. The monoisotopic (exact) mass is 715 g/mol. The molecular formula is C32H33ClF3N9O5. The Bertz CT molecular complexity index is 2040. The molecule has 0 radical (unpaired) electrons. The average Bonchev–Trinajstić information content (AvgIpc) is 3.53. The maximum Gasteiger partial charge on any atom is 0.416 e. The van der Waals surface area contributed by atoms with Gasteiger partial charge in [-0.3, -0.25) is 14.4 Å². The minimum absolute atomic E-state index is 0.0173. The number of fused-ring (bicyclic) bond motifs is 1. The highest BCUT2D eigenvalue weighted by Gasteiger charge is 2.32. The summed E-state index contributed by atoms with van der Waals surface area (Å²) in [5.74, 6) is -1.05. The number of aliphatic hydroxyl groups excluding tert-OH is 1. The quantitative estimate of drug-likeness (QED) is 0.257. The summed E-state index contributed by atoms with van der Waals surface area (Å²) in [4.78, 5) is 63.1. The molecule has 6 rings (SSSR count). The van der Waals surface area contributed by atoms with Gasteiger partial charge in [-0.25, -0.2) is 19.9 Å². The number of aromatic hydroxyl groups is 1. The number of aryl methyl sites for hydroxylation is 1. The van der Waals surface area contributed by atoms with Gasteiger partial charge in [0.15, 0.2) is 22.6 Å². The standard InChI is InChI=1S/C32H33ClF3N9O5/c1-3-22-27(42-8-10-43(11-9-42)31(50)26-28(48)17(2)38-16-39-26)29(49)25-30(37-13-23(41-25)44-7-6-19(46)14-44)45(22)15-24(47)40-21-5-4-18(12-20(21)33)32(34,35)36/h4-5,12-13,16,19,46,48H,3,6-11,14-15H2,1-2H3,(H,40,47)/t19-/m0/s1. The van der Waals surface area contributed by atoms with Crippen molar-refractivity contribution in [3.8, 4) is 5.75 Å². The van der Waals surface area contributed by atoms with Crippen LogP contribution in [-0.2, 0) is 23.9 Å². The van der Waals surface area contributed by atoms with E-state index in [2.05, 4.69) is 25.3 Å². The summed E-state index contributed by atoms with van der Waals surface area (Å²) < 4.78 is 41.1. The van der Waals surface area contributed by atoms with Gasteiger partial charge in [0, 0.05) is 45.0 Å². The van der Waals surface area contributed by atoms with Gasteiger partial charge in [0.05, 0.1) is 34.3 Å². The number of hydrogen-bond acceptors (Lipinski definition) is 11. The number of aromatic nitrogens is 5. The van der Waals surface area contributed by atoms with Crippen molar-refractivity contribution < 1.29 is 33.0 Å². The minimum atomic E-state index is -4.62. The second kappa shape index (κ2) is 13.7. The molecule has 2 amide bonds. The predicted molar refractivity (Wildman–Crippen MR) is 178 cm³/mol. The lowest BCUT2D eigenvalue weighted by Crippen LogP contribution is -2.50. The molecule has 264 valence electrons. The van der Waals surface area contributed by atoms with Gasteiger partial charge in [0.2, 0.25) is 11.3 Å². The first kappa shape index (κ1) is 34.8. The van der Waals surface area contributed by atoms with Crippen LogP contribution >= 0.6 is 11.6 Å². The molecule has 0 aliphatic carbocycles. The molecule has 2 aliphatic rings. The van der Waals surface area contributed by atoms with Crippen LogP contribution in [0.15, 0.2) is 35.5 Å². The summed E-state index contributed by atoms with van der Waals surface area (Å²) in [7, 11) is 0. The molecule has 0 spiro atoms. The Morgan fingerprint density at radius 1 is 1.08 bits per heavy atom. The zero-order valence-electron chi connectivity index (χ0n) is 27.0. The summed E-state index contributed by atoms with van der Waals surface area (Å²) in [5, 5.41) is 22.7. The fourth-order valence-electron chi connectivity index (χ4n) is 6.21. The fourth-order valence-corrected chi connectivity index (χ4v) is 6.44. The minimum Gasteiger partial charge on any atom is -0.504 e. The van der Waals surface area contributed by atoms with Crippen LogP contribution < -0.4 is 20.5 Å². The second-order valence-corrected chi connectivity index (χ2v) is 12.4. The van der Waals surface area contributed by atoms with Crippen LogP contribution in [0.3, 0.4) is 0 Å². The summed E-state index contributed by atoms with van der Waals surface area (Å²) in [6.45, 7) is 4.61. The Hall–Kier alpha value is -5.03.